The minimum atomic E-state index is -0.404. The minimum absolute atomic E-state index is 0.0544. The van der Waals surface area contributed by atoms with Crippen LogP contribution in [0.5, 0.6) is 0 Å². The van der Waals surface area contributed by atoms with Crippen LogP contribution in [0.4, 0.5) is 4.39 Å². The summed E-state index contributed by atoms with van der Waals surface area (Å²) in [7, 11) is 0. The van der Waals surface area contributed by atoms with E-state index in [1.807, 2.05) is 0 Å². The fraction of sp³-hybridized carbons (Fsp3) is 0.333. The van der Waals surface area contributed by atoms with Gasteiger partial charge in [-0.2, -0.15) is 4.98 Å². The smallest absolute Gasteiger partial charge is 0.327 e. The van der Waals surface area contributed by atoms with Crippen molar-refractivity contribution in [2.24, 2.45) is 0 Å². The molecule has 0 aliphatic carbocycles. The third-order valence-electron chi connectivity index (χ3n) is 5.06. The summed E-state index contributed by atoms with van der Waals surface area (Å²) in [5.74, 6) is -0.192. The Balaban J connectivity index is 1.75. The molecule has 5 rings (SSSR count). The van der Waals surface area contributed by atoms with Crippen molar-refractivity contribution in [3.63, 3.8) is 0 Å². The Morgan fingerprint density at radius 3 is 2.89 bits per heavy atom. The molecular formula is C18H17FN6O3. The average molecular weight is 384 g/mol. The molecule has 0 atom stereocenters. The highest BCUT2D eigenvalue weighted by Crippen LogP contribution is 2.25. The van der Waals surface area contributed by atoms with Crippen molar-refractivity contribution in [2.75, 3.05) is 13.2 Å². The SMILES string of the molecule is O=c1[nH]c2c(CO)nc(-n3cnc4ccc(F)cc43)nc2n1C1CCOCC1. The number of nitrogens with one attached hydrogen (secondary N) is 1. The first kappa shape index (κ1) is 17.0. The number of aliphatic hydroxyl groups is 1. The lowest BCUT2D eigenvalue weighted by Crippen LogP contribution is -2.27. The number of imidazole rings is 2. The number of aromatic amines is 1. The highest BCUT2D eigenvalue weighted by atomic mass is 19.1. The summed E-state index contributed by atoms with van der Waals surface area (Å²) in [4.78, 5) is 28.6. The van der Waals surface area contributed by atoms with Crippen molar-refractivity contribution in [1.82, 2.24) is 29.1 Å². The van der Waals surface area contributed by atoms with Gasteiger partial charge in [0.15, 0.2) is 5.65 Å². The topological polar surface area (TPSA) is 111 Å². The molecule has 0 unspecified atom stereocenters. The van der Waals surface area contributed by atoms with Gasteiger partial charge in [0.1, 0.15) is 17.7 Å². The van der Waals surface area contributed by atoms with Gasteiger partial charge in [0.25, 0.3) is 0 Å². The van der Waals surface area contributed by atoms with Crippen molar-refractivity contribution < 1.29 is 14.2 Å². The molecule has 1 saturated heterocycles. The first-order chi connectivity index (χ1) is 13.7. The number of fused-ring (bicyclic) bond motifs is 2. The maximum atomic E-state index is 13.7. The molecule has 0 saturated carbocycles. The summed E-state index contributed by atoms with van der Waals surface area (Å²) in [6.07, 6.45) is 2.88. The van der Waals surface area contributed by atoms with Crippen LogP contribution in [0.3, 0.4) is 0 Å². The molecule has 0 spiro atoms. The number of aromatic nitrogens is 6. The van der Waals surface area contributed by atoms with Crippen molar-refractivity contribution in [3.8, 4) is 5.95 Å². The van der Waals surface area contributed by atoms with E-state index in [9.17, 15) is 14.3 Å². The second-order valence-corrected chi connectivity index (χ2v) is 6.72. The minimum Gasteiger partial charge on any atom is -0.390 e. The van der Waals surface area contributed by atoms with Crippen LogP contribution in [0, 0.1) is 5.82 Å². The van der Waals surface area contributed by atoms with Crippen LogP contribution in [0.25, 0.3) is 28.1 Å². The molecule has 0 radical (unpaired) electrons. The number of halogens is 1. The van der Waals surface area contributed by atoms with Gasteiger partial charge < -0.3 is 14.8 Å². The van der Waals surface area contributed by atoms with Crippen LogP contribution in [0.2, 0.25) is 0 Å². The molecule has 0 bridgehead atoms. The fourth-order valence-electron chi connectivity index (χ4n) is 3.69. The number of benzene rings is 1. The predicted molar refractivity (Wildman–Crippen MR) is 97.7 cm³/mol. The number of rotatable bonds is 3. The lowest BCUT2D eigenvalue weighted by molar-refractivity contribution is 0.0697. The number of nitrogens with zero attached hydrogens (tertiary/aromatic N) is 5. The average Bonchev–Trinajstić information content (AvgIpc) is 3.27. The van der Waals surface area contributed by atoms with E-state index in [-0.39, 0.29) is 24.3 Å². The van der Waals surface area contributed by atoms with Crippen molar-refractivity contribution in [1.29, 1.82) is 0 Å². The van der Waals surface area contributed by atoms with E-state index in [2.05, 4.69) is 19.9 Å². The van der Waals surface area contributed by atoms with E-state index < -0.39 is 5.82 Å². The molecule has 1 aliphatic rings. The Morgan fingerprint density at radius 1 is 1.29 bits per heavy atom. The van der Waals surface area contributed by atoms with Crippen LogP contribution in [0.1, 0.15) is 24.6 Å². The first-order valence-corrected chi connectivity index (χ1v) is 8.98. The Morgan fingerprint density at radius 2 is 2.11 bits per heavy atom. The Hall–Kier alpha value is -3.11. The highest BCUT2D eigenvalue weighted by Gasteiger charge is 2.24. The van der Waals surface area contributed by atoms with Gasteiger partial charge in [-0.25, -0.2) is 19.2 Å². The maximum Gasteiger partial charge on any atom is 0.327 e. The standard InChI is InChI=1S/C18H17FN6O3/c19-10-1-2-12-14(7-10)24(9-20-12)17-21-13(8-26)15-16(23-17)25(18(27)22-15)11-3-5-28-6-4-11/h1-2,7,9,11,26H,3-6,8H2,(H,22,27). The predicted octanol–water partition coefficient (Wildman–Crippen LogP) is 1.44. The molecule has 1 aromatic carbocycles. The molecular weight excluding hydrogens is 367 g/mol. The number of ether oxygens (including phenoxy) is 1. The van der Waals surface area contributed by atoms with Gasteiger partial charge in [0, 0.05) is 25.3 Å². The van der Waals surface area contributed by atoms with Crippen molar-refractivity contribution in [2.45, 2.75) is 25.5 Å². The number of aliphatic hydroxyl groups excluding tert-OH is 1. The summed E-state index contributed by atoms with van der Waals surface area (Å²) < 4.78 is 22.3. The van der Waals surface area contributed by atoms with Gasteiger partial charge in [0.05, 0.1) is 23.3 Å². The molecule has 1 aliphatic heterocycles. The van der Waals surface area contributed by atoms with Crippen LogP contribution < -0.4 is 5.69 Å². The third kappa shape index (κ3) is 2.60. The second kappa shape index (κ2) is 6.50. The van der Waals surface area contributed by atoms with E-state index in [1.54, 1.807) is 15.2 Å². The largest absolute Gasteiger partial charge is 0.390 e. The van der Waals surface area contributed by atoms with Crippen LogP contribution in [-0.2, 0) is 11.3 Å². The van der Waals surface area contributed by atoms with Crippen molar-refractivity contribution in [3.05, 3.63) is 46.5 Å². The summed E-state index contributed by atoms with van der Waals surface area (Å²) in [6, 6.07) is 4.19. The number of hydrogen-bond donors (Lipinski definition) is 2. The van der Waals surface area contributed by atoms with Crippen LogP contribution >= 0.6 is 0 Å². The highest BCUT2D eigenvalue weighted by molar-refractivity contribution is 5.78. The van der Waals surface area contributed by atoms with Crippen LogP contribution in [0.15, 0.2) is 29.3 Å². The number of H-pyrrole nitrogens is 1. The first-order valence-electron chi connectivity index (χ1n) is 8.98. The van der Waals surface area contributed by atoms with Crippen molar-refractivity contribution >= 4 is 22.2 Å². The normalized spacial score (nSPS) is 15.6. The van der Waals surface area contributed by atoms with E-state index >= 15 is 0 Å². The molecule has 1 fully saturated rings. The molecule has 3 aromatic heterocycles. The van der Waals surface area contributed by atoms with E-state index in [4.69, 9.17) is 4.74 Å². The lowest BCUT2D eigenvalue weighted by Gasteiger charge is -2.22. The van der Waals surface area contributed by atoms with Gasteiger partial charge >= 0.3 is 5.69 Å². The fourth-order valence-corrected chi connectivity index (χ4v) is 3.69. The van der Waals surface area contributed by atoms with E-state index in [1.165, 1.54) is 18.5 Å². The number of hydrogen-bond acceptors (Lipinski definition) is 6. The molecule has 28 heavy (non-hydrogen) atoms. The van der Waals surface area contributed by atoms with Gasteiger partial charge in [-0.1, -0.05) is 0 Å². The van der Waals surface area contributed by atoms with Gasteiger partial charge in [-0.05, 0) is 25.0 Å². The monoisotopic (exact) mass is 384 g/mol. The quantitative estimate of drug-likeness (QED) is 0.553. The summed E-state index contributed by atoms with van der Waals surface area (Å²) in [5, 5.41) is 9.80. The zero-order chi connectivity index (χ0) is 19.3. The molecule has 10 heteroatoms. The molecule has 144 valence electrons. The third-order valence-corrected chi connectivity index (χ3v) is 5.06. The lowest BCUT2D eigenvalue weighted by atomic mass is 10.1. The zero-order valence-electron chi connectivity index (χ0n) is 14.8. The molecule has 4 heterocycles. The Kier molecular flexibility index (Phi) is 3.95. The Bertz CT molecular complexity index is 1240. The molecule has 9 nitrogen and oxygen atoms in total. The van der Waals surface area contributed by atoms with E-state index in [0.717, 1.165) is 0 Å². The van der Waals surface area contributed by atoms with Gasteiger partial charge in [-0.15, -0.1) is 0 Å². The summed E-state index contributed by atoms with van der Waals surface area (Å²) in [5.41, 5.74) is 1.89. The van der Waals surface area contributed by atoms with Gasteiger partial charge in [-0.3, -0.25) is 9.13 Å². The summed E-state index contributed by atoms with van der Waals surface area (Å²) >= 11 is 0. The maximum absolute atomic E-state index is 13.7. The molecule has 0 amide bonds. The van der Waals surface area contributed by atoms with E-state index in [0.29, 0.717) is 53.9 Å². The molecule has 4 aromatic rings. The van der Waals surface area contributed by atoms with Crippen LogP contribution in [-0.4, -0.2) is 47.4 Å². The summed E-state index contributed by atoms with van der Waals surface area (Å²) in [6.45, 7) is 0.765. The second-order valence-electron chi connectivity index (χ2n) is 6.72. The Labute approximate surface area is 157 Å². The molecule has 2 N–H and O–H groups in total. The van der Waals surface area contributed by atoms with Gasteiger partial charge in [0.2, 0.25) is 5.95 Å². The zero-order valence-corrected chi connectivity index (χ0v) is 14.8.